The second-order valence-corrected chi connectivity index (χ2v) is 3.97. The molecule has 0 aromatic heterocycles. The maximum atomic E-state index is 13.4. The summed E-state index contributed by atoms with van der Waals surface area (Å²) in [5.74, 6) is -2.92. The van der Waals surface area contributed by atoms with Crippen LogP contribution in [-0.2, 0) is 10.3 Å². The SMILES string of the molecule is NCC1(c2cccc(Cl)c2)OCC1(F)F. The molecular formula is C10H10ClF2NO. The van der Waals surface area contributed by atoms with Gasteiger partial charge in [0.25, 0.3) is 0 Å². The summed E-state index contributed by atoms with van der Waals surface area (Å²) in [5, 5.41) is 0.395. The molecule has 0 aliphatic carbocycles. The molecule has 1 saturated heterocycles. The van der Waals surface area contributed by atoms with E-state index in [9.17, 15) is 8.78 Å². The van der Waals surface area contributed by atoms with Gasteiger partial charge in [0.1, 0.15) is 6.61 Å². The Labute approximate surface area is 91.0 Å². The van der Waals surface area contributed by atoms with Crippen molar-refractivity contribution in [2.45, 2.75) is 11.5 Å². The van der Waals surface area contributed by atoms with Gasteiger partial charge in [-0.25, -0.2) is 8.78 Å². The van der Waals surface area contributed by atoms with Crippen LogP contribution in [0.4, 0.5) is 8.78 Å². The first kappa shape index (κ1) is 10.8. The van der Waals surface area contributed by atoms with E-state index in [1.807, 2.05) is 0 Å². The fraction of sp³-hybridized carbons (Fsp3) is 0.400. The minimum Gasteiger partial charge on any atom is -0.356 e. The molecule has 1 aromatic rings. The zero-order chi connectivity index (χ0) is 11.1. The molecule has 1 aromatic carbocycles. The van der Waals surface area contributed by atoms with Gasteiger partial charge in [0.15, 0.2) is 5.60 Å². The maximum absolute atomic E-state index is 13.4. The van der Waals surface area contributed by atoms with Crippen LogP contribution in [0.15, 0.2) is 24.3 Å². The van der Waals surface area contributed by atoms with Crippen molar-refractivity contribution in [3.63, 3.8) is 0 Å². The molecule has 2 rings (SSSR count). The molecular weight excluding hydrogens is 224 g/mol. The first-order valence-electron chi connectivity index (χ1n) is 4.50. The molecule has 2 nitrogen and oxygen atoms in total. The van der Waals surface area contributed by atoms with Crippen LogP contribution in [0.2, 0.25) is 5.02 Å². The molecule has 1 unspecified atom stereocenters. The number of halogens is 3. The minimum atomic E-state index is -2.92. The molecule has 0 amide bonds. The number of rotatable bonds is 2. The van der Waals surface area contributed by atoms with Gasteiger partial charge in [-0.1, -0.05) is 23.7 Å². The summed E-state index contributed by atoms with van der Waals surface area (Å²) in [6.07, 6.45) is 0. The zero-order valence-electron chi connectivity index (χ0n) is 7.84. The summed E-state index contributed by atoms with van der Waals surface area (Å²) in [7, 11) is 0. The Hall–Kier alpha value is -0.710. The summed E-state index contributed by atoms with van der Waals surface area (Å²) < 4.78 is 31.8. The van der Waals surface area contributed by atoms with Gasteiger partial charge in [0.05, 0.1) is 0 Å². The molecule has 5 heteroatoms. The van der Waals surface area contributed by atoms with E-state index in [-0.39, 0.29) is 6.54 Å². The highest BCUT2D eigenvalue weighted by atomic mass is 35.5. The monoisotopic (exact) mass is 233 g/mol. The van der Waals surface area contributed by atoms with Crippen molar-refractivity contribution >= 4 is 11.6 Å². The highest BCUT2D eigenvalue weighted by Crippen LogP contribution is 2.48. The maximum Gasteiger partial charge on any atom is 0.304 e. The van der Waals surface area contributed by atoms with Crippen molar-refractivity contribution in [1.29, 1.82) is 0 Å². The van der Waals surface area contributed by atoms with E-state index >= 15 is 0 Å². The molecule has 0 radical (unpaired) electrons. The average molecular weight is 234 g/mol. The number of hydrogen-bond acceptors (Lipinski definition) is 2. The van der Waals surface area contributed by atoms with Gasteiger partial charge < -0.3 is 10.5 Å². The summed E-state index contributed by atoms with van der Waals surface area (Å²) in [5.41, 5.74) is 4.01. The number of hydrogen-bond donors (Lipinski definition) is 1. The highest BCUT2D eigenvalue weighted by molar-refractivity contribution is 6.30. The molecule has 0 saturated carbocycles. The Balaban J connectivity index is 2.44. The molecule has 1 aliphatic rings. The van der Waals surface area contributed by atoms with Crippen LogP contribution in [0, 0.1) is 0 Å². The molecule has 0 bridgehead atoms. The molecule has 1 heterocycles. The van der Waals surface area contributed by atoms with Gasteiger partial charge in [-0.2, -0.15) is 0 Å². The Morgan fingerprint density at radius 1 is 1.47 bits per heavy atom. The topological polar surface area (TPSA) is 35.2 Å². The first-order chi connectivity index (χ1) is 7.02. The van der Waals surface area contributed by atoms with Gasteiger partial charge in [0.2, 0.25) is 0 Å². The lowest BCUT2D eigenvalue weighted by atomic mass is 9.83. The van der Waals surface area contributed by atoms with Crippen molar-refractivity contribution in [3.05, 3.63) is 34.9 Å². The smallest absolute Gasteiger partial charge is 0.304 e. The quantitative estimate of drug-likeness (QED) is 0.850. The van der Waals surface area contributed by atoms with Crippen LogP contribution in [-0.4, -0.2) is 19.1 Å². The number of alkyl halides is 2. The summed E-state index contributed by atoms with van der Waals surface area (Å²) >= 11 is 5.74. The molecule has 1 fully saturated rings. The summed E-state index contributed by atoms with van der Waals surface area (Å²) in [6.45, 7) is -0.850. The second-order valence-electron chi connectivity index (χ2n) is 3.53. The van der Waals surface area contributed by atoms with Gasteiger partial charge in [-0.3, -0.25) is 0 Å². The third kappa shape index (κ3) is 1.44. The molecule has 82 valence electrons. The lowest BCUT2D eigenvalue weighted by Gasteiger charge is -2.48. The molecule has 1 aliphatic heterocycles. The Morgan fingerprint density at radius 3 is 2.60 bits per heavy atom. The Kier molecular flexibility index (Phi) is 2.45. The molecule has 15 heavy (non-hydrogen) atoms. The average Bonchev–Trinajstić information content (AvgIpc) is 2.18. The van der Waals surface area contributed by atoms with Crippen LogP contribution in [0.5, 0.6) is 0 Å². The first-order valence-corrected chi connectivity index (χ1v) is 4.87. The van der Waals surface area contributed by atoms with Crippen LogP contribution in [0.1, 0.15) is 5.56 Å². The number of ether oxygens (including phenoxy) is 1. The van der Waals surface area contributed by atoms with E-state index in [0.717, 1.165) is 0 Å². The molecule has 0 spiro atoms. The van der Waals surface area contributed by atoms with E-state index in [1.165, 1.54) is 6.07 Å². The van der Waals surface area contributed by atoms with E-state index in [4.69, 9.17) is 22.1 Å². The highest BCUT2D eigenvalue weighted by Gasteiger charge is 2.64. The van der Waals surface area contributed by atoms with E-state index in [2.05, 4.69) is 0 Å². The predicted molar refractivity (Wildman–Crippen MR) is 53.1 cm³/mol. The summed E-state index contributed by atoms with van der Waals surface area (Å²) in [6, 6.07) is 6.23. The predicted octanol–water partition coefficient (Wildman–Crippen LogP) is 2.16. The Morgan fingerprint density at radius 2 is 2.20 bits per heavy atom. The van der Waals surface area contributed by atoms with Crippen LogP contribution in [0.3, 0.4) is 0 Å². The van der Waals surface area contributed by atoms with Gasteiger partial charge in [0, 0.05) is 11.6 Å². The van der Waals surface area contributed by atoms with Crippen molar-refractivity contribution in [2.75, 3.05) is 13.2 Å². The van der Waals surface area contributed by atoms with Crippen molar-refractivity contribution < 1.29 is 13.5 Å². The summed E-state index contributed by atoms with van der Waals surface area (Å²) in [4.78, 5) is 0. The third-order valence-corrected chi connectivity index (χ3v) is 2.90. The van der Waals surface area contributed by atoms with E-state index in [0.29, 0.717) is 10.6 Å². The normalized spacial score (nSPS) is 28.5. The zero-order valence-corrected chi connectivity index (χ0v) is 8.60. The van der Waals surface area contributed by atoms with Gasteiger partial charge >= 0.3 is 5.92 Å². The largest absolute Gasteiger partial charge is 0.356 e. The number of benzene rings is 1. The van der Waals surface area contributed by atoms with Crippen LogP contribution >= 0.6 is 11.6 Å². The van der Waals surface area contributed by atoms with Crippen molar-refractivity contribution in [3.8, 4) is 0 Å². The van der Waals surface area contributed by atoms with Crippen molar-refractivity contribution in [2.24, 2.45) is 5.73 Å². The van der Waals surface area contributed by atoms with Gasteiger partial charge in [-0.15, -0.1) is 0 Å². The Bertz CT molecular complexity index is 381. The van der Waals surface area contributed by atoms with Crippen LogP contribution in [0.25, 0.3) is 0 Å². The minimum absolute atomic E-state index is 0.264. The van der Waals surface area contributed by atoms with Crippen LogP contribution < -0.4 is 5.73 Å². The molecule has 2 N–H and O–H groups in total. The lowest BCUT2D eigenvalue weighted by molar-refractivity contribution is -0.332. The van der Waals surface area contributed by atoms with E-state index in [1.54, 1.807) is 18.2 Å². The lowest BCUT2D eigenvalue weighted by Crippen LogP contribution is -2.64. The number of nitrogens with two attached hydrogens (primary N) is 1. The fourth-order valence-corrected chi connectivity index (χ4v) is 1.91. The van der Waals surface area contributed by atoms with Crippen molar-refractivity contribution in [1.82, 2.24) is 0 Å². The second kappa shape index (κ2) is 3.40. The fourth-order valence-electron chi connectivity index (χ4n) is 1.72. The van der Waals surface area contributed by atoms with Gasteiger partial charge in [-0.05, 0) is 17.7 Å². The third-order valence-electron chi connectivity index (χ3n) is 2.67. The van der Waals surface area contributed by atoms with E-state index < -0.39 is 18.1 Å². The standard InChI is InChI=1S/C10H10ClF2NO/c11-8-3-1-2-7(4-8)9(5-14)10(12,13)6-15-9/h1-4H,5-6,14H2. The molecule has 1 atom stereocenters.